The lowest BCUT2D eigenvalue weighted by atomic mass is 10.0. The van der Waals surface area contributed by atoms with Crippen LogP contribution in [0, 0.1) is 0 Å². The zero-order valence-corrected chi connectivity index (χ0v) is 11.1. The molecule has 1 unspecified atom stereocenters. The molecule has 0 saturated heterocycles. The minimum absolute atomic E-state index is 0.287. The maximum absolute atomic E-state index is 9.63. The summed E-state index contributed by atoms with van der Waals surface area (Å²) in [4.78, 5) is 0. The van der Waals surface area contributed by atoms with Crippen molar-refractivity contribution < 1.29 is 19.3 Å². The predicted octanol–water partition coefficient (Wildman–Crippen LogP) is 0.546. The van der Waals surface area contributed by atoms with Crippen molar-refractivity contribution in [2.24, 2.45) is 5.73 Å². The first-order chi connectivity index (χ1) is 8.12. The molecule has 0 aromatic carbocycles. The minimum atomic E-state index is -0.764. The van der Waals surface area contributed by atoms with Gasteiger partial charge in [0.2, 0.25) is 0 Å². The van der Waals surface area contributed by atoms with Crippen molar-refractivity contribution in [1.29, 1.82) is 0 Å². The second-order valence-electron chi connectivity index (χ2n) is 4.38. The Hall–Kier alpha value is -0.200. The zero-order valence-electron chi connectivity index (χ0n) is 11.1. The second kappa shape index (κ2) is 10.9. The third-order valence-corrected chi connectivity index (χ3v) is 2.45. The standard InChI is InChI=1S/C12H27NO4/c1-12(14,11-13)5-3-7-16-9-10-17-8-4-6-15-2/h14H,3-11,13H2,1-2H3. The summed E-state index contributed by atoms with van der Waals surface area (Å²) in [6.45, 7) is 5.31. The Labute approximate surface area is 104 Å². The molecule has 0 saturated carbocycles. The van der Waals surface area contributed by atoms with E-state index in [9.17, 15) is 5.11 Å². The fraction of sp³-hybridized carbons (Fsp3) is 1.00. The van der Waals surface area contributed by atoms with E-state index in [-0.39, 0.29) is 6.54 Å². The number of hydrogen-bond donors (Lipinski definition) is 2. The predicted molar refractivity (Wildman–Crippen MR) is 67.0 cm³/mol. The Morgan fingerprint density at radius 2 is 1.59 bits per heavy atom. The Morgan fingerprint density at radius 3 is 2.12 bits per heavy atom. The molecule has 5 nitrogen and oxygen atoms in total. The van der Waals surface area contributed by atoms with Crippen LogP contribution in [0.5, 0.6) is 0 Å². The van der Waals surface area contributed by atoms with Gasteiger partial charge >= 0.3 is 0 Å². The van der Waals surface area contributed by atoms with Gasteiger partial charge in [0.25, 0.3) is 0 Å². The lowest BCUT2D eigenvalue weighted by Crippen LogP contribution is -2.34. The molecule has 0 aliphatic heterocycles. The molecule has 17 heavy (non-hydrogen) atoms. The van der Waals surface area contributed by atoms with E-state index >= 15 is 0 Å². The molecule has 0 amide bonds. The van der Waals surface area contributed by atoms with E-state index in [0.29, 0.717) is 32.8 Å². The lowest BCUT2D eigenvalue weighted by molar-refractivity contribution is 0.0224. The summed E-state index contributed by atoms with van der Waals surface area (Å²) in [5.41, 5.74) is 4.64. The number of hydrogen-bond acceptors (Lipinski definition) is 5. The third kappa shape index (κ3) is 12.1. The first-order valence-electron chi connectivity index (χ1n) is 6.19. The number of methoxy groups -OCH3 is 1. The van der Waals surface area contributed by atoms with Crippen molar-refractivity contribution in [3.8, 4) is 0 Å². The molecule has 0 rings (SSSR count). The van der Waals surface area contributed by atoms with Gasteiger partial charge in [0.05, 0.1) is 18.8 Å². The van der Waals surface area contributed by atoms with Crippen molar-refractivity contribution in [2.75, 3.05) is 46.7 Å². The molecule has 0 spiro atoms. The summed E-state index contributed by atoms with van der Waals surface area (Å²) < 4.78 is 15.6. The largest absolute Gasteiger partial charge is 0.389 e. The van der Waals surface area contributed by atoms with Crippen LogP contribution < -0.4 is 5.73 Å². The molecule has 0 aliphatic rings. The fourth-order valence-electron chi connectivity index (χ4n) is 1.28. The average Bonchev–Trinajstić information content (AvgIpc) is 2.31. The van der Waals surface area contributed by atoms with E-state index in [4.69, 9.17) is 19.9 Å². The quantitative estimate of drug-likeness (QED) is 0.494. The first kappa shape index (κ1) is 16.8. The maximum Gasteiger partial charge on any atom is 0.0742 e. The number of nitrogens with two attached hydrogens (primary N) is 1. The maximum atomic E-state index is 9.63. The van der Waals surface area contributed by atoms with Gasteiger partial charge in [-0.2, -0.15) is 0 Å². The Morgan fingerprint density at radius 1 is 1.00 bits per heavy atom. The summed E-state index contributed by atoms with van der Waals surface area (Å²) in [5, 5.41) is 9.63. The van der Waals surface area contributed by atoms with Crippen LogP contribution in [-0.4, -0.2) is 57.4 Å². The normalized spacial score (nSPS) is 14.8. The molecule has 1 atom stereocenters. The SMILES string of the molecule is COCCCOCCOCCCC(C)(O)CN. The highest BCUT2D eigenvalue weighted by Crippen LogP contribution is 2.09. The number of aliphatic hydroxyl groups is 1. The summed E-state index contributed by atoms with van der Waals surface area (Å²) >= 11 is 0. The van der Waals surface area contributed by atoms with Gasteiger partial charge in [0.15, 0.2) is 0 Å². The zero-order chi connectivity index (χ0) is 13.0. The number of ether oxygens (including phenoxy) is 3. The minimum Gasteiger partial charge on any atom is -0.389 e. The van der Waals surface area contributed by atoms with Crippen molar-refractivity contribution in [1.82, 2.24) is 0 Å². The van der Waals surface area contributed by atoms with Crippen molar-refractivity contribution in [3.63, 3.8) is 0 Å². The van der Waals surface area contributed by atoms with E-state index in [1.54, 1.807) is 14.0 Å². The van der Waals surface area contributed by atoms with Crippen molar-refractivity contribution in [2.45, 2.75) is 31.8 Å². The summed E-state index contributed by atoms with van der Waals surface area (Å²) in [6.07, 6.45) is 2.39. The second-order valence-corrected chi connectivity index (χ2v) is 4.38. The van der Waals surface area contributed by atoms with Crippen LogP contribution in [0.3, 0.4) is 0 Å². The van der Waals surface area contributed by atoms with Crippen molar-refractivity contribution in [3.05, 3.63) is 0 Å². The molecule has 0 aromatic rings. The molecule has 104 valence electrons. The van der Waals surface area contributed by atoms with Gasteiger partial charge in [-0.3, -0.25) is 0 Å². The van der Waals surface area contributed by atoms with Crippen LogP contribution in [0.4, 0.5) is 0 Å². The molecular formula is C12H27NO4. The molecule has 5 heteroatoms. The van der Waals surface area contributed by atoms with E-state index in [2.05, 4.69) is 0 Å². The van der Waals surface area contributed by atoms with Crippen LogP contribution in [0.1, 0.15) is 26.2 Å². The van der Waals surface area contributed by atoms with E-state index < -0.39 is 5.60 Å². The number of rotatable bonds is 12. The van der Waals surface area contributed by atoms with Crippen LogP contribution in [0.25, 0.3) is 0 Å². The van der Waals surface area contributed by atoms with Gasteiger partial charge in [-0.15, -0.1) is 0 Å². The van der Waals surface area contributed by atoms with E-state index in [1.807, 2.05) is 0 Å². The van der Waals surface area contributed by atoms with Gasteiger partial charge < -0.3 is 25.1 Å². The van der Waals surface area contributed by atoms with Gasteiger partial charge in [-0.05, 0) is 26.2 Å². The monoisotopic (exact) mass is 249 g/mol. The van der Waals surface area contributed by atoms with Gasteiger partial charge in [0.1, 0.15) is 0 Å². The topological polar surface area (TPSA) is 73.9 Å². The molecule has 0 bridgehead atoms. The van der Waals surface area contributed by atoms with Crippen LogP contribution in [0.15, 0.2) is 0 Å². The third-order valence-electron chi connectivity index (χ3n) is 2.45. The molecule has 0 aromatic heterocycles. The smallest absolute Gasteiger partial charge is 0.0742 e. The molecule has 0 fully saturated rings. The first-order valence-corrected chi connectivity index (χ1v) is 6.19. The summed E-state index contributed by atoms with van der Waals surface area (Å²) in [6, 6.07) is 0. The van der Waals surface area contributed by atoms with Gasteiger partial charge in [-0.1, -0.05) is 0 Å². The van der Waals surface area contributed by atoms with Gasteiger partial charge in [-0.25, -0.2) is 0 Å². The summed E-state index contributed by atoms with van der Waals surface area (Å²) in [5.74, 6) is 0. The lowest BCUT2D eigenvalue weighted by Gasteiger charge is -2.20. The molecule has 0 heterocycles. The highest BCUT2D eigenvalue weighted by atomic mass is 16.5. The molecule has 3 N–H and O–H groups in total. The molecular weight excluding hydrogens is 222 g/mol. The van der Waals surface area contributed by atoms with E-state index in [0.717, 1.165) is 19.4 Å². The highest BCUT2D eigenvalue weighted by Gasteiger charge is 2.16. The average molecular weight is 249 g/mol. The van der Waals surface area contributed by atoms with E-state index in [1.165, 1.54) is 0 Å². The van der Waals surface area contributed by atoms with Gasteiger partial charge in [0, 0.05) is 33.5 Å². The summed E-state index contributed by atoms with van der Waals surface area (Å²) in [7, 11) is 1.68. The van der Waals surface area contributed by atoms with Crippen LogP contribution in [-0.2, 0) is 14.2 Å². The fourth-order valence-corrected chi connectivity index (χ4v) is 1.28. The Kier molecular flexibility index (Phi) is 10.8. The molecule has 0 radical (unpaired) electrons. The van der Waals surface area contributed by atoms with Crippen LogP contribution in [0.2, 0.25) is 0 Å². The van der Waals surface area contributed by atoms with Crippen LogP contribution >= 0.6 is 0 Å². The highest BCUT2D eigenvalue weighted by molar-refractivity contribution is 4.72. The van der Waals surface area contributed by atoms with Crippen molar-refractivity contribution >= 4 is 0 Å². The Bertz CT molecular complexity index is 165. The molecule has 0 aliphatic carbocycles. The Balaban J connectivity index is 3.09.